The first-order valence-electron chi connectivity index (χ1n) is 8.61. The molecule has 0 saturated heterocycles. The van der Waals surface area contributed by atoms with Crippen LogP contribution < -0.4 is 11.0 Å². The van der Waals surface area contributed by atoms with Gasteiger partial charge in [-0.15, -0.1) is 0 Å². The van der Waals surface area contributed by atoms with Gasteiger partial charge in [0.2, 0.25) is 0 Å². The third-order valence-corrected chi connectivity index (χ3v) is 5.20. The van der Waals surface area contributed by atoms with Gasteiger partial charge in [0, 0.05) is 0 Å². The van der Waals surface area contributed by atoms with E-state index in [2.05, 4.69) is 49.5 Å². The van der Waals surface area contributed by atoms with E-state index in [1.807, 2.05) is 19.1 Å². The summed E-state index contributed by atoms with van der Waals surface area (Å²) in [7, 11) is 1.69. The summed E-state index contributed by atoms with van der Waals surface area (Å²) >= 11 is 0. The third-order valence-electron chi connectivity index (χ3n) is 5.20. The quantitative estimate of drug-likeness (QED) is 0.664. The summed E-state index contributed by atoms with van der Waals surface area (Å²) < 4.78 is 7.02. The second-order valence-electron chi connectivity index (χ2n) is 6.91. The van der Waals surface area contributed by atoms with Crippen LogP contribution in [0.1, 0.15) is 32.2 Å². The summed E-state index contributed by atoms with van der Waals surface area (Å²) in [6, 6.07) is 13.2. The van der Waals surface area contributed by atoms with Crippen molar-refractivity contribution in [2.24, 2.45) is 13.0 Å². The zero-order valence-electron chi connectivity index (χ0n) is 15.6. The Morgan fingerprint density at radius 3 is 2.50 bits per heavy atom. The van der Waals surface area contributed by atoms with Crippen LogP contribution in [0.5, 0.6) is 0 Å². The molecule has 132 valence electrons. The van der Waals surface area contributed by atoms with Crippen molar-refractivity contribution >= 4 is 18.9 Å². The normalized spacial score (nSPS) is 13.4. The number of hydrogen-bond acceptors (Lipinski definition) is 4. The molecular weight excluding hydrogens is 325 g/mol. The topological polar surface area (TPSA) is 60.9 Å². The van der Waals surface area contributed by atoms with Gasteiger partial charge in [0.1, 0.15) is 0 Å². The van der Waals surface area contributed by atoms with Crippen LogP contribution in [-0.4, -0.2) is 28.1 Å². The van der Waals surface area contributed by atoms with Gasteiger partial charge in [-0.2, -0.15) is 0 Å². The third kappa shape index (κ3) is 2.96. The second-order valence-corrected chi connectivity index (χ2v) is 6.91. The second kappa shape index (κ2) is 6.86. The zero-order chi connectivity index (χ0) is 18.9. The predicted molar refractivity (Wildman–Crippen MR) is 105 cm³/mol. The number of rotatable bonds is 5. The van der Waals surface area contributed by atoms with Crippen molar-refractivity contribution in [2.45, 2.75) is 26.2 Å². The predicted octanol–water partition coefficient (Wildman–Crippen LogP) is 2.16. The molecule has 0 N–H and O–H groups in total. The van der Waals surface area contributed by atoms with Crippen molar-refractivity contribution in [3.63, 3.8) is 0 Å². The number of aromatic nitrogens is 3. The van der Waals surface area contributed by atoms with Crippen molar-refractivity contribution in [1.82, 2.24) is 14.7 Å². The van der Waals surface area contributed by atoms with Crippen molar-refractivity contribution in [1.29, 1.82) is 0 Å². The fraction of sp³-hybridized carbons (Fsp3) is 0.300. The molecule has 5 nitrogen and oxygen atoms in total. The molecule has 0 aliphatic carbocycles. The van der Waals surface area contributed by atoms with E-state index in [-0.39, 0.29) is 11.5 Å². The molecule has 0 bridgehead atoms. The van der Waals surface area contributed by atoms with Gasteiger partial charge in [0.05, 0.1) is 0 Å². The monoisotopic (exact) mass is 347 g/mol. The molecule has 0 aliphatic heterocycles. The molecule has 3 rings (SSSR count). The van der Waals surface area contributed by atoms with E-state index in [9.17, 15) is 4.79 Å². The van der Waals surface area contributed by atoms with E-state index < -0.39 is 5.41 Å². The molecule has 1 atom stereocenters. The number of benzene rings is 1. The molecular formula is C20H22BN3O2. The molecule has 0 radical (unpaired) electrons. The molecule has 26 heavy (non-hydrogen) atoms. The van der Waals surface area contributed by atoms with Gasteiger partial charge in [-0.05, 0) is 0 Å². The minimum atomic E-state index is -0.422. The van der Waals surface area contributed by atoms with Crippen molar-refractivity contribution in [3.05, 3.63) is 64.2 Å². The van der Waals surface area contributed by atoms with Crippen LogP contribution in [0.3, 0.4) is 0 Å². The van der Waals surface area contributed by atoms with E-state index in [0.29, 0.717) is 17.4 Å². The van der Waals surface area contributed by atoms with Crippen LogP contribution in [-0.2, 0) is 12.5 Å². The molecule has 2 heterocycles. The maximum atomic E-state index is 11.9. The van der Waals surface area contributed by atoms with E-state index >= 15 is 0 Å². The molecule has 1 aromatic carbocycles. The van der Waals surface area contributed by atoms with Crippen LogP contribution >= 0.6 is 0 Å². The van der Waals surface area contributed by atoms with Gasteiger partial charge in [0.15, 0.2) is 0 Å². The standard InChI is InChI=1S/C20H22BN3O2/c1-13(2)20(3,14-9-11-15(21-4)12-10-14)19-22-18(26-23-19)16-7-6-8-17(25)24(16)5/h6-13H,4H2,1-3,5H3. The van der Waals surface area contributed by atoms with Gasteiger partial charge < -0.3 is 0 Å². The molecule has 0 amide bonds. The van der Waals surface area contributed by atoms with Crippen molar-refractivity contribution in [3.8, 4) is 11.6 Å². The molecule has 0 fully saturated rings. The van der Waals surface area contributed by atoms with Gasteiger partial charge >= 0.3 is 153 Å². The molecule has 6 heteroatoms. The molecule has 0 aliphatic rings. The van der Waals surface area contributed by atoms with Crippen LogP contribution in [0.25, 0.3) is 11.6 Å². The van der Waals surface area contributed by atoms with Crippen LogP contribution in [0, 0.1) is 5.92 Å². The van der Waals surface area contributed by atoms with Gasteiger partial charge in [-0.1, -0.05) is 0 Å². The Morgan fingerprint density at radius 2 is 1.88 bits per heavy atom. The first-order valence-corrected chi connectivity index (χ1v) is 8.61. The Hall–Kier alpha value is -2.76. The van der Waals surface area contributed by atoms with E-state index in [1.165, 1.54) is 10.6 Å². The van der Waals surface area contributed by atoms with Crippen molar-refractivity contribution < 1.29 is 4.52 Å². The van der Waals surface area contributed by atoms with Crippen LogP contribution in [0.15, 0.2) is 51.8 Å². The van der Waals surface area contributed by atoms with Gasteiger partial charge in [-0.25, -0.2) is 0 Å². The first-order chi connectivity index (χ1) is 12.4. The summed E-state index contributed by atoms with van der Waals surface area (Å²) in [5.41, 5.74) is 2.23. The first kappa shape index (κ1) is 18.0. The van der Waals surface area contributed by atoms with Gasteiger partial charge in [0.25, 0.3) is 0 Å². The van der Waals surface area contributed by atoms with Crippen molar-refractivity contribution in [2.75, 3.05) is 0 Å². The summed E-state index contributed by atoms with van der Waals surface area (Å²) in [5, 5.41) is 4.25. The Morgan fingerprint density at radius 1 is 1.19 bits per heavy atom. The minimum absolute atomic E-state index is 0.117. The van der Waals surface area contributed by atoms with Gasteiger partial charge in [-0.3, -0.25) is 0 Å². The Bertz CT molecular complexity index is 989. The van der Waals surface area contributed by atoms with E-state index in [0.717, 1.165) is 11.0 Å². The fourth-order valence-corrected chi connectivity index (χ4v) is 3.00. The molecule has 1 unspecified atom stereocenters. The van der Waals surface area contributed by atoms with E-state index in [4.69, 9.17) is 4.52 Å². The van der Waals surface area contributed by atoms with Crippen LogP contribution in [0.4, 0.5) is 0 Å². The molecule has 3 aromatic rings. The number of hydrogen-bond donors (Lipinski definition) is 0. The maximum absolute atomic E-state index is 11.9. The Balaban J connectivity index is 2.09. The van der Waals surface area contributed by atoms with E-state index in [1.54, 1.807) is 19.2 Å². The average Bonchev–Trinajstić information content (AvgIpc) is 3.13. The molecule has 0 spiro atoms. The summed E-state index contributed by atoms with van der Waals surface area (Å²) in [4.78, 5) is 16.5. The van der Waals surface area contributed by atoms with Crippen LogP contribution in [0.2, 0.25) is 0 Å². The summed E-state index contributed by atoms with van der Waals surface area (Å²) in [6.45, 7) is 12.0. The molecule has 2 aromatic heterocycles. The Kier molecular flexibility index (Phi) is 4.76. The fourth-order valence-electron chi connectivity index (χ4n) is 3.00. The number of pyridine rings is 1. The Labute approximate surface area is 153 Å². The molecule has 0 saturated carbocycles. The average molecular weight is 347 g/mol. The SMILES string of the molecule is C=Bc1ccc(C(C)(c2noc(-c3cccc(=O)n3C)n2)C(C)C)cc1. The number of nitrogens with zero attached hydrogens (tertiary/aromatic N) is 3. The summed E-state index contributed by atoms with van der Waals surface area (Å²) in [5.74, 6) is 1.18. The summed E-state index contributed by atoms with van der Waals surface area (Å²) in [6.07, 6.45) is 0. The zero-order valence-corrected chi connectivity index (χ0v) is 15.6.